The van der Waals surface area contributed by atoms with E-state index in [2.05, 4.69) is 5.32 Å². The summed E-state index contributed by atoms with van der Waals surface area (Å²) < 4.78 is 39.8. The van der Waals surface area contributed by atoms with Crippen molar-refractivity contribution in [2.24, 2.45) is 0 Å². The van der Waals surface area contributed by atoms with E-state index in [0.717, 1.165) is 48.4 Å². The van der Waals surface area contributed by atoms with Crippen molar-refractivity contribution in [3.05, 3.63) is 63.9 Å². The minimum Gasteiger partial charge on any atom is -0.352 e. The molecule has 0 radical (unpaired) electrons. The molecular formula is C25H30Cl2FN3O4S. The van der Waals surface area contributed by atoms with Crippen molar-refractivity contribution in [3.63, 3.8) is 0 Å². The molecule has 0 unspecified atom stereocenters. The Balaban J connectivity index is 1.94. The molecule has 2 amide bonds. The fourth-order valence-corrected chi connectivity index (χ4v) is 5.56. The number of nitrogens with one attached hydrogen (secondary N) is 1. The number of sulfonamides is 1. The molecule has 0 aromatic heterocycles. The van der Waals surface area contributed by atoms with Crippen LogP contribution < -0.4 is 9.62 Å². The molecule has 2 aromatic carbocycles. The van der Waals surface area contributed by atoms with Gasteiger partial charge in [0.2, 0.25) is 21.8 Å². The highest BCUT2D eigenvalue weighted by molar-refractivity contribution is 7.92. The summed E-state index contributed by atoms with van der Waals surface area (Å²) in [6.07, 6.45) is 5.10. The predicted molar refractivity (Wildman–Crippen MR) is 140 cm³/mol. The van der Waals surface area contributed by atoms with Crippen molar-refractivity contribution in [2.75, 3.05) is 17.1 Å². The SMILES string of the molecule is CC[C@@H](C(=O)NC1CCCC1)N(Cc1ccccc1Cl)C(=O)CN(c1ccc(F)c(Cl)c1)S(C)(=O)=O. The summed E-state index contributed by atoms with van der Waals surface area (Å²) >= 11 is 12.2. The van der Waals surface area contributed by atoms with Gasteiger partial charge < -0.3 is 10.2 Å². The quantitative estimate of drug-likeness (QED) is 0.456. The van der Waals surface area contributed by atoms with Gasteiger partial charge >= 0.3 is 0 Å². The van der Waals surface area contributed by atoms with E-state index in [1.165, 1.54) is 11.0 Å². The number of carbonyl (C=O) groups is 2. The van der Waals surface area contributed by atoms with E-state index < -0.39 is 34.3 Å². The van der Waals surface area contributed by atoms with Crippen LogP contribution in [0.2, 0.25) is 10.0 Å². The Morgan fingerprint density at radius 1 is 1.11 bits per heavy atom. The molecule has 0 saturated heterocycles. The summed E-state index contributed by atoms with van der Waals surface area (Å²) in [5, 5.41) is 3.19. The number of carbonyl (C=O) groups excluding carboxylic acids is 2. The fraction of sp³-hybridized carbons (Fsp3) is 0.440. The van der Waals surface area contributed by atoms with Crippen molar-refractivity contribution >= 4 is 50.7 Å². The first kappa shape index (κ1) is 28.2. The lowest BCUT2D eigenvalue weighted by molar-refractivity contribution is -0.140. The van der Waals surface area contributed by atoms with E-state index in [-0.39, 0.29) is 29.2 Å². The van der Waals surface area contributed by atoms with Crippen LogP contribution in [0.15, 0.2) is 42.5 Å². The minimum atomic E-state index is -3.95. The molecule has 0 bridgehead atoms. The highest BCUT2D eigenvalue weighted by Crippen LogP contribution is 2.26. The first-order chi connectivity index (χ1) is 17.0. The molecule has 36 heavy (non-hydrogen) atoms. The molecule has 1 aliphatic carbocycles. The second kappa shape index (κ2) is 12.3. The van der Waals surface area contributed by atoms with Gasteiger partial charge in [0.15, 0.2) is 0 Å². The normalized spacial score (nSPS) is 14.9. The maximum atomic E-state index is 13.7. The monoisotopic (exact) mass is 557 g/mol. The lowest BCUT2D eigenvalue weighted by Crippen LogP contribution is -2.53. The molecule has 1 atom stereocenters. The largest absolute Gasteiger partial charge is 0.352 e. The van der Waals surface area contributed by atoms with Crippen LogP contribution in [0.5, 0.6) is 0 Å². The van der Waals surface area contributed by atoms with Crippen LogP contribution in [-0.2, 0) is 26.2 Å². The van der Waals surface area contributed by atoms with Crippen molar-refractivity contribution in [1.82, 2.24) is 10.2 Å². The van der Waals surface area contributed by atoms with E-state index in [9.17, 15) is 22.4 Å². The zero-order valence-corrected chi connectivity index (χ0v) is 22.5. The molecule has 1 fully saturated rings. The van der Waals surface area contributed by atoms with Crippen molar-refractivity contribution in [3.8, 4) is 0 Å². The van der Waals surface area contributed by atoms with Gasteiger partial charge in [0.25, 0.3) is 0 Å². The number of halogens is 3. The molecular weight excluding hydrogens is 528 g/mol. The van der Waals surface area contributed by atoms with Crippen molar-refractivity contribution < 1.29 is 22.4 Å². The second-order valence-electron chi connectivity index (χ2n) is 8.90. The maximum Gasteiger partial charge on any atom is 0.244 e. The topological polar surface area (TPSA) is 86.8 Å². The van der Waals surface area contributed by atoms with Gasteiger partial charge in [0.1, 0.15) is 18.4 Å². The average molecular weight is 559 g/mol. The van der Waals surface area contributed by atoms with Crippen LogP contribution in [0.25, 0.3) is 0 Å². The molecule has 196 valence electrons. The summed E-state index contributed by atoms with van der Waals surface area (Å²) in [5.74, 6) is -1.61. The average Bonchev–Trinajstić information content (AvgIpc) is 3.32. The van der Waals surface area contributed by atoms with Crippen LogP contribution in [0, 0.1) is 5.82 Å². The van der Waals surface area contributed by atoms with E-state index in [1.54, 1.807) is 31.2 Å². The summed E-state index contributed by atoms with van der Waals surface area (Å²) in [5.41, 5.74) is 0.661. The Labute approximate surface area is 221 Å². The van der Waals surface area contributed by atoms with Crippen LogP contribution in [0.4, 0.5) is 10.1 Å². The Morgan fingerprint density at radius 2 is 1.78 bits per heavy atom. The lowest BCUT2D eigenvalue weighted by atomic mass is 10.1. The number of amides is 2. The van der Waals surface area contributed by atoms with Crippen molar-refractivity contribution in [1.29, 1.82) is 0 Å². The third-order valence-electron chi connectivity index (χ3n) is 6.26. The van der Waals surface area contributed by atoms with Gasteiger partial charge in [-0.05, 0) is 49.1 Å². The van der Waals surface area contributed by atoms with E-state index in [1.807, 2.05) is 0 Å². The van der Waals surface area contributed by atoms with Gasteiger partial charge in [-0.3, -0.25) is 13.9 Å². The summed E-state index contributed by atoms with van der Waals surface area (Å²) in [7, 11) is -3.95. The molecule has 1 saturated carbocycles. The predicted octanol–water partition coefficient (Wildman–Crippen LogP) is 4.76. The number of hydrogen-bond donors (Lipinski definition) is 1. The lowest BCUT2D eigenvalue weighted by Gasteiger charge is -2.33. The number of hydrogen-bond acceptors (Lipinski definition) is 4. The summed E-state index contributed by atoms with van der Waals surface area (Å²) in [6, 6.07) is 9.58. The minimum absolute atomic E-state index is 0.0108. The van der Waals surface area contributed by atoms with Crippen molar-refractivity contribution in [2.45, 2.75) is 57.7 Å². The zero-order chi connectivity index (χ0) is 26.5. The Kier molecular flexibility index (Phi) is 9.60. The molecule has 11 heteroatoms. The third-order valence-corrected chi connectivity index (χ3v) is 8.06. The highest BCUT2D eigenvalue weighted by Gasteiger charge is 2.33. The standard InChI is InChI=1S/C25H30Cl2FN3O4S/c1-3-23(25(33)29-18-9-5-6-10-18)30(15-17-8-4-7-11-20(17)26)24(32)16-31(36(2,34)35)19-12-13-22(28)21(27)14-19/h4,7-8,11-14,18,23H,3,5-6,9-10,15-16H2,1-2H3,(H,29,33)/t23-/m0/s1. The fourth-order valence-electron chi connectivity index (χ4n) is 4.35. The number of nitrogens with zero attached hydrogens (tertiary/aromatic N) is 2. The van der Waals surface area contributed by atoms with E-state index in [0.29, 0.717) is 17.0 Å². The summed E-state index contributed by atoms with van der Waals surface area (Å²) in [4.78, 5) is 28.3. The smallest absolute Gasteiger partial charge is 0.244 e. The third kappa shape index (κ3) is 7.11. The zero-order valence-electron chi connectivity index (χ0n) is 20.2. The molecule has 1 N–H and O–H groups in total. The van der Waals surface area contributed by atoms with Gasteiger partial charge in [-0.15, -0.1) is 0 Å². The first-order valence-electron chi connectivity index (χ1n) is 11.8. The number of anilines is 1. The van der Waals surface area contributed by atoms with Crippen LogP contribution >= 0.6 is 23.2 Å². The Bertz CT molecular complexity index is 1210. The molecule has 1 aliphatic rings. The van der Waals surface area contributed by atoms with Gasteiger partial charge in [0, 0.05) is 17.6 Å². The second-order valence-corrected chi connectivity index (χ2v) is 11.6. The molecule has 7 nitrogen and oxygen atoms in total. The molecule has 0 spiro atoms. The Morgan fingerprint density at radius 3 is 2.36 bits per heavy atom. The van der Waals surface area contributed by atoms with Gasteiger partial charge in [-0.2, -0.15) is 0 Å². The van der Waals surface area contributed by atoms with E-state index >= 15 is 0 Å². The van der Waals surface area contributed by atoms with Gasteiger partial charge in [0.05, 0.1) is 17.0 Å². The van der Waals surface area contributed by atoms with Gasteiger partial charge in [-0.25, -0.2) is 12.8 Å². The van der Waals surface area contributed by atoms with E-state index in [4.69, 9.17) is 23.2 Å². The summed E-state index contributed by atoms with van der Waals surface area (Å²) in [6.45, 7) is 1.20. The van der Waals surface area contributed by atoms with Crippen LogP contribution in [-0.4, -0.2) is 50.0 Å². The van der Waals surface area contributed by atoms with Crippen LogP contribution in [0.1, 0.15) is 44.6 Å². The Hall–Kier alpha value is -2.36. The highest BCUT2D eigenvalue weighted by atomic mass is 35.5. The molecule has 0 heterocycles. The number of rotatable bonds is 10. The maximum absolute atomic E-state index is 13.7. The van der Waals surface area contributed by atoms with Crippen LogP contribution in [0.3, 0.4) is 0 Å². The van der Waals surface area contributed by atoms with Gasteiger partial charge in [-0.1, -0.05) is 61.2 Å². The molecule has 2 aromatic rings. The first-order valence-corrected chi connectivity index (χ1v) is 14.4. The number of benzene rings is 2. The molecule has 0 aliphatic heterocycles. The molecule has 3 rings (SSSR count).